The summed E-state index contributed by atoms with van der Waals surface area (Å²) >= 11 is 0. The molecular formula is C11H9NO2. The summed E-state index contributed by atoms with van der Waals surface area (Å²) < 4.78 is 0. The number of hydrogen-bond donors (Lipinski definition) is 1. The molecule has 0 aliphatic heterocycles. The summed E-state index contributed by atoms with van der Waals surface area (Å²) in [7, 11) is 0. The van der Waals surface area contributed by atoms with Crippen molar-refractivity contribution in [3.05, 3.63) is 35.4 Å². The van der Waals surface area contributed by atoms with Gasteiger partial charge in [-0.15, -0.1) is 0 Å². The molecule has 14 heavy (non-hydrogen) atoms. The molecule has 3 nitrogen and oxygen atoms in total. The van der Waals surface area contributed by atoms with E-state index in [1.54, 1.807) is 24.3 Å². The van der Waals surface area contributed by atoms with E-state index in [1.807, 2.05) is 6.04 Å². The molecule has 1 aromatic carbocycles. The van der Waals surface area contributed by atoms with E-state index in [0.717, 1.165) is 0 Å². The third-order valence-electron chi connectivity index (χ3n) is 1.74. The molecule has 0 atom stereocenters. The van der Waals surface area contributed by atoms with Crippen molar-refractivity contribution in [3.63, 3.8) is 0 Å². The predicted octanol–water partition coefficient (Wildman–Crippen LogP) is 1.21. The Morgan fingerprint density at radius 2 is 1.86 bits per heavy atom. The lowest BCUT2D eigenvalue weighted by molar-refractivity contribution is 0.0955. The maximum atomic E-state index is 11.4. The number of amides is 1. The molecule has 0 saturated heterocycles. The number of carbonyl (C=O) groups is 2. The van der Waals surface area contributed by atoms with E-state index >= 15 is 0 Å². The summed E-state index contributed by atoms with van der Waals surface area (Å²) in [4.78, 5) is 22.5. The minimum absolute atomic E-state index is 0.159. The van der Waals surface area contributed by atoms with Crippen LogP contribution in [0.25, 0.3) is 0 Å². The van der Waals surface area contributed by atoms with Crippen LogP contribution in [0.2, 0.25) is 0 Å². The standard InChI is InChI=1S/C11H9NO2/c1-3-12-11(14)10-7-5-4-6-9(10)8(2)13/h1,4-7H,2H3,(H,12,14). The lowest BCUT2D eigenvalue weighted by Gasteiger charge is -2.03. The van der Waals surface area contributed by atoms with Gasteiger partial charge >= 0.3 is 0 Å². The molecule has 1 amide bonds. The van der Waals surface area contributed by atoms with E-state index in [2.05, 4.69) is 5.32 Å². The second-order valence-corrected chi connectivity index (χ2v) is 2.70. The van der Waals surface area contributed by atoms with E-state index in [9.17, 15) is 9.59 Å². The van der Waals surface area contributed by atoms with Gasteiger partial charge in [-0.05, 0) is 13.0 Å². The Kier molecular flexibility index (Phi) is 3.03. The minimum Gasteiger partial charge on any atom is -0.294 e. The van der Waals surface area contributed by atoms with Crippen molar-refractivity contribution >= 4 is 11.7 Å². The number of terminal acetylenes is 1. The van der Waals surface area contributed by atoms with Gasteiger partial charge in [0.05, 0.1) is 5.56 Å². The fourth-order valence-electron chi connectivity index (χ4n) is 1.12. The highest BCUT2D eigenvalue weighted by Crippen LogP contribution is 2.08. The summed E-state index contributed by atoms with van der Waals surface area (Å²) in [6, 6.07) is 8.55. The van der Waals surface area contributed by atoms with Gasteiger partial charge in [-0.3, -0.25) is 14.9 Å². The topological polar surface area (TPSA) is 46.2 Å². The zero-order valence-corrected chi connectivity index (χ0v) is 7.70. The summed E-state index contributed by atoms with van der Waals surface area (Å²) in [6.45, 7) is 1.40. The Labute approximate surface area is 82.1 Å². The van der Waals surface area contributed by atoms with Gasteiger partial charge in [0.1, 0.15) is 0 Å². The first-order valence-corrected chi connectivity index (χ1v) is 4.02. The quantitative estimate of drug-likeness (QED) is 0.429. The molecule has 0 heterocycles. The van der Waals surface area contributed by atoms with E-state index in [-0.39, 0.29) is 5.78 Å². The number of benzene rings is 1. The molecule has 1 rings (SSSR count). The Morgan fingerprint density at radius 3 is 2.36 bits per heavy atom. The average Bonchev–Trinajstić information content (AvgIpc) is 2.18. The monoisotopic (exact) mass is 187 g/mol. The largest absolute Gasteiger partial charge is 0.294 e. The van der Waals surface area contributed by atoms with Crippen LogP contribution in [0.1, 0.15) is 27.6 Å². The third-order valence-corrected chi connectivity index (χ3v) is 1.74. The van der Waals surface area contributed by atoms with Crippen LogP contribution < -0.4 is 5.32 Å². The van der Waals surface area contributed by atoms with Crippen molar-refractivity contribution < 1.29 is 9.59 Å². The maximum Gasteiger partial charge on any atom is 0.263 e. The summed E-state index contributed by atoms with van der Waals surface area (Å²) in [6.07, 6.45) is 4.93. The number of Topliss-reactive ketones (excluding diaryl/α,β-unsaturated/α-hetero) is 1. The molecular weight excluding hydrogens is 178 g/mol. The number of ketones is 1. The molecule has 0 saturated carbocycles. The number of rotatable bonds is 2. The fourth-order valence-corrected chi connectivity index (χ4v) is 1.12. The van der Waals surface area contributed by atoms with Gasteiger partial charge in [0.15, 0.2) is 5.78 Å². The van der Waals surface area contributed by atoms with Crippen LogP contribution in [-0.4, -0.2) is 11.7 Å². The molecule has 1 aromatic rings. The van der Waals surface area contributed by atoms with Crippen LogP contribution in [0.5, 0.6) is 0 Å². The lowest BCUT2D eigenvalue weighted by Crippen LogP contribution is -2.19. The van der Waals surface area contributed by atoms with Crippen LogP contribution in [0.4, 0.5) is 0 Å². The van der Waals surface area contributed by atoms with Crippen LogP contribution in [0.15, 0.2) is 24.3 Å². The highest BCUT2D eigenvalue weighted by Gasteiger charge is 2.12. The first-order chi connectivity index (χ1) is 6.66. The first kappa shape index (κ1) is 10.0. The van der Waals surface area contributed by atoms with Crippen molar-refractivity contribution in [2.24, 2.45) is 0 Å². The van der Waals surface area contributed by atoms with Gasteiger partial charge in [0.2, 0.25) is 0 Å². The van der Waals surface area contributed by atoms with Crippen molar-refractivity contribution in [3.8, 4) is 12.5 Å². The van der Waals surface area contributed by atoms with E-state index < -0.39 is 5.91 Å². The second-order valence-electron chi connectivity index (χ2n) is 2.70. The summed E-state index contributed by atoms with van der Waals surface area (Å²) in [5.74, 6) is -0.592. The second kappa shape index (κ2) is 4.24. The first-order valence-electron chi connectivity index (χ1n) is 4.02. The zero-order chi connectivity index (χ0) is 10.6. The summed E-state index contributed by atoms with van der Waals surface area (Å²) in [5, 5.41) is 2.19. The molecule has 3 heteroatoms. The smallest absolute Gasteiger partial charge is 0.263 e. The van der Waals surface area contributed by atoms with E-state index in [1.165, 1.54) is 6.92 Å². The van der Waals surface area contributed by atoms with E-state index in [4.69, 9.17) is 6.42 Å². The van der Waals surface area contributed by atoms with Crippen LogP contribution in [0, 0.1) is 12.5 Å². The highest BCUT2D eigenvalue weighted by molar-refractivity contribution is 6.07. The molecule has 70 valence electrons. The van der Waals surface area contributed by atoms with Gasteiger partial charge in [-0.25, -0.2) is 0 Å². The molecule has 0 spiro atoms. The SMILES string of the molecule is C#CNC(=O)c1ccccc1C(C)=O. The van der Waals surface area contributed by atoms with Gasteiger partial charge in [-0.2, -0.15) is 0 Å². The Morgan fingerprint density at radius 1 is 1.29 bits per heavy atom. The molecule has 0 aromatic heterocycles. The van der Waals surface area contributed by atoms with Crippen molar-refractivity contribution in [2.45, 2.75) is 6.92 Å². The minimum atomic E-state index is -0.432. The maximum absolute atomic E-state index is 11.4. The molecule has 0 aliphatic rings. The predicted molar refractivity (Wildman–Crippen MR) is 52.7 cm³/mol. The molecule has 0 fully saturated rings. The summed E-state index contributed by atoms with van der Waals surface area (Å²) in [5.41, 5.74) is 0.679. The van der Waals surface area contributed by atoms with Crippen molar-refractivity contribution in [2.75, 3.05) is 0 Å². The normalized spacial score (nSPS) is 8.86. The molecule has 0 unspecified atom stereocenters. The van der Waals surface area contributed by atoms with Gasteiger partial charge in [0.25, 0.3) is 5.91 Å². The third kappa shape index (κ3) is 1.99. The molecule has 0 aliphatic carbocycles. The van der Waals surface area contributed by atoms with Gasteiger partial charge in [-0.1, -0.05) is 24.6 Å². The number of carbonyl (C=O) groups excluding carboxylic acids is 2. The molecule has 0 radical (unpaired) electrons. The van der Waals surface area contributed by atoms with Crippen LogP contribution in [0.3, 0.4) is 0 Å². The molecule has 0 bridgehead atoms. The molecule has 1 N–H and O–H groups in total. The number of nitrogens with one attached hydrogen (secondary N) is 1. The highest BCUT2D eigenvalue weighted by atomic mass is 16.2. The van der Waals surface area contributed by atoms with Crippen molar-refractivity contribution in [1.82, 2.24) is 5.32 Å². The average molecular weight is 187 g/mol. The Hall–Kier alpha value is -2.08. The Bertz CT molecular complexity index is 416. The zero-order valence-electron chi connectivity index (χ0n) is 7.70. The van der Waals surface area contributed by atoms with Gasteiger partial charge in [0, 0.05) is 11.6 Å². The fraction of sp³-hybridized carbons (Fsp3) is 0.0909. The van der Waals surface area contributed by atoms with Crippen LogP contribution >= 0.6 is 0 Å². The lowest BCUT2D eigenvalue weighted by atomic mass is 10.0. The Balaban J connectivity index is 3.15. The number of hydrogen-bond acceptors (Lipinski definition) is 2. The van der Waals surface area contributed by atoms with Crippen molar-refractivity contribution in [1.29, 1.82) is 0 Å². The van der Waals surface area contributed by atoms with Crippen LogP contribution in [-0.2, 0) is 0 Å². The van der Waals surface area contributed by atoms with Gasteiger partial charge < -0.3 is 0 Å². The van der Waals surface area contributed by atoms with E-state index in [0.29, 0.717) is 11.1 Å².